The van der Waals surface area contributed by atoms with Crippen molar-refractivity contribution in [1.82, 2.24) is 0 Å². The number of ether oxygens (including phenoxy) is 1. The van der Waals surface area contributed by atoms with Gasteiger partial charge in [-0.25, -0.2) is 0 Å². The Kier molecular flexibility index (Phi) is 13.3. The molecule has 0 saturated heterocycles. The normalized spacial score (nSPS) is 12.6. The fourth-order valence-electron chi connectivity index (χ4n) is 3.51. The van der Waals surface area contributed by atoms with Crippen LogP contribution in [0, 0.1) is 0 Å². The predicted molar refractivity (Wildman–Crippen MR) is 117 cm³/mol. The van der Waals surface area contributed by atoms with Gasteiger partial charge < -0.3 is 0 Å². The van der Waals surface area contributed by atoms with Crippen LogP contribution in [0.15, 0.2) is 38.9 Å². The van der Waals surface area contributed by atoms with Gasteiger partial charge in [-0.1, -0.05) is 0 Å². The summed E-state index contributed by atoms with van der Waals surface area (Å²) < 4.78 is 13.6. The molecule has 1 rings (SSSR count). The van der Waals surface area contributed by atoms with Crippen molar-refractivity contribution >= 4 is 37.8 Å². The SMILES string of the molecule is CCC[CH2][Sn]([CH2]CCC)([CH2]CCC)/[C](=C/[Se]c1ccccc1)COC. The van der Waals surface area contributed by atoms with Crippen LogP contribution in [0.1, 0.15) is 59.3 Å². The van der Waals surface area contributed by atoms with Gasteiger partial charge in [0.05, 0.1) is 0 Å². The molecule has 3 heteroatoms. The average Bonchev–Trinajstić information content (AvgIpc) is 2.66. The molecule has 0 unspecified atom stereocenters. The van der Waals surface area contributed by atoms with Crippen molar-refractivity contribution in [2.75, 3.05) is 13.7 Å². The number of methoxy groups -OCH3 is 1. The Bertz CT molecular complexity index is 450. The van der Waals surface area contributed by atoms with Crippen molar-refractivity contribution in [1.29, 1.82) is 0 Å². The van der Waals surface area contributed by atoms with E-state index in [0.29, 0.717) is 15.0 Å². The molecule has 0 aliphatic heterocycles. The van der Waals surface area contributed by atoms with Crippen molar-refractivity contribution in [3.05, 3.63) is 38.9 Å². The molecule has 142 valence electrons. The van der Waals surface area contributed by atoms with Crippen LogP contribution < -0.4 is 4.46 Å². The van der Waals surface area contributed by atoms with Gasteiger partial charge in [0, 0.05) is 0 Å². The molecule has 1 aromatic rings. The van der Waals surface area contributed by atoms with Crippen molar-refractivity contribution in [3.63, 3.8) is 0 Å². The molecule has 0 aliphatic rings. The monoisotopic (exact) mass is 518 g/mol. The number of hydrogen-bond donors (Lipinski definition) is 0. The first-order valence-electron chi connectivity index (χ1n) is 10.1. The summed E-state index contributed by atoms with van der Waals surface area (Å²) in [6.07, 6.45) is 8.26. The van der Waals surface area contributed by atoms with Crippen LogP contribution >= 0.6 is 0 Å². The zero-order valence-corrected chi connectivity index (χ0v) is 21.4. The van der Waals surface area contributed by atoms with Gasteiger partial charge in [-0.15, -0.1) is 0 Å². The van der Waals surface area contributed by atoms with E-state index >= 15 is 0 Å². The molecule has 0 amide bonds. The van der Waals surface area contributed by atoms with Crippen LogP contribution in [0.3, 0.4) is 0 Å². The van der Waals surface area contributed by atoms with E-state index in [-0.39, 0.29) is 0 Å². The van der Waals surface area contributed by atoms with Crippen LogP contribution in [0.25, 0.3) is 0 Å². The number of benzene rings is 1. The number of unbranched alkanes of at least 4 members (excludes halogenated alkanes) is 3. The second-order valence-electron chi connectivity index (χ2n) is 7.10. The third-order valence-corrected chi connectivity index (χ3v) is 24.3. The van der Waals surface area contributed by atoms with Crippen LogP contribution in [-0.4, -0.2) is 47.1 Å². The van der Waals surface area contributed by atoms with Gasteiger partial charge >= 0.3 is 168 Å². The summed E-state index contributed by atoms with van der Waals surface area (Å²) in [5.41, 5.74) is 0. The molecule has 0 spiro atoms. The molecule has 0 fully saturated rings. The standard InChI is InChI=1S/C10H11OSe.3C4H9.Sn/c1-11-8-5-9-12-10-6-3-2-4-7-10;3*1-3-4-2;/h2-4,6-7,9H,8H2,1H3;3*1,3-4H2,2H3;. The molecule has 0 N–H and O–H groups in total. The maximum absolute atomic E-state index is 5.73. The molecule has 1 nitrogen and oxygen atoms in total. The van der Waals surface area contributed by atoms with Crippen molar-refractivity contribution in [2.24, 2.45) is 0 Å². The molecular weight excluding hydrogens is 478 g/mol. The Balaban J connectivity index is 3.09. The van der Waals surface area contributed by atoms with E-state index in [4.69, 9.17) is 4.74 Å². The van der Waals surface area contributed by atoms with E-state index in [2.05, 4.69) is 56.1 Å². The van der Waals surface area contributed by atoms with Gasteiger partial charge in [0.25, 0.3) is 0 Å². The summed E-state index contributed by atoms with van der Waals surface area (Å²) in [7, 11) is 1.89. The van der Waals surface area contributed by atoms with E-state index in [1.165, 1.54) is 56.3 Å². The topological polar surface area (TPSA) is 9.23 Å². The molecule has 0 saturated carbocycles. The van der Waals surface area contributed by atoms with Crippen molar-refractivity contribution < 1.29 is 4.74 Å². The summed E-state index contributed by atoms with van der Waals surface area (Å²) >= 11 is -1.87. The maximum atomic E-state index is 5.73. The van der Waals surface area contributed by atoms with E-state index in [0.717, 1.165) is 6.61 Å². The Labute approximate surface area is 167 Å². The third kappa shape index (κ3) is 8.64. The first-order valence-corrected chi connectivity index (χ1v) is 19.4. The fraction of sp³-hybridized carbons (Fsp3) is 0.636. The third-order valence-electron chi connectivity index (χ3n) is 5.09. The molecule has 0 aliphatic carbocycles. The molecule has 0 heterocycles. The zero-order chi connectivity index (χ0) is 18.4. The molecule has 0 aromatic heterocycles. The van der Waals surface area contributed by atoms with Crippen LogP contribution in [-0.2, 0) is 4.74 Å². The summed E-state index contributed by atoms with van der Waals surface area (Å²) in [5.74, 6) is 0. The molecule has 0 bridgehead atoms. The molecular formula is C22H38OSeSn. The summed E-state index contributed by atoms with van der Waals surface area (Å²) in [6.45, 7) is 7.94. The summed E-state index contributed by atoms with van der Waals surface area (Å²) in [6, 6.07) is 11.0. The zero-order valence-electron chi connectivity index (χ0n) is 16.9. The first-order chi connectivity index (χ1) is 12.2. The molecule has 25 heavy (non-hydrogen) atoms. The predicted octanol–water partition coefficient (Wildman–Crippen LogP) is 5.93. The Morgan fingerprint density at radius 1 is 0.920 bits per heavy atom. The minimum absolute atomic E-state index is 0.446. The average molecular weight is 516 g/mol. The second kappa shape index (κ2) is 14.3. The quantitative estimate of drug-likeness (QED) is 0.279. The van der Waals surface area contributed by atoms with Gasteiger partial charge in [0.1, 0.15) is 0 Å². The van der Waals surface area contributed by atoms with Gasteiger partial charge in [-0.3, -0.25) is 0 Å². The molecule has 1 aromatic carbocycles. The van der Waals surface area contributed by atoms with Gasteiger partial charge in [-0.05, 0) is 0 Å². The minimum atomic E-state index is -2.32. The first kappa shape index (κ1) is 23.3. The van der Waals surface area contributed by atoms with Crippen molar-refractivity contribution in [2.45, 2.75) is 72.6 Å². The fourth-order valence-corrected chi connectivity index (χ4v) is 25.0. The second-order valence-corrected chi connectivity index (χ2v) is 22.5. The van der Waals surface area contributed by atoms with Gasteiger partial charge in [-0.2, -0.15) is 0 Å². The van der Waals surface area contributed by atoms with Crippen molar-refractivity contribution in [3.8, 4) is 0 Å². The van der Waals surface area contributed by atoms with Gasteiger partial charge in [0.15, 0.2) is 0 Å². The molecule has 0 radical (unpaired) electrons. The Morgan fingerprint density at radius 3 is 1.88 bits per heavy atom. The van der Waals surface area contributed by atoms with Crippen LogP contribution in [0.4, 0.5) is 0 Å². The van der Waals surface area contributed by atoms with Gasteiger partial charge in [0.2, 0.25) is 0 Å². The van der Waals surface area contributed by atoms with E-state index < -0.39 is 18.4 Å². The number of rotatable bonds is 14. The van der Waals surface area contributed by atoms with Crippen LogP contribution in [0.2, 0.25) is 13.3 Å². The number of hydrogen-bond acceptors (Lipinski definition) is 1. The Morgan fingerprint density at radius 2 is 1.44 bits per heavy atom. The summed E-state index contributed by atoms with van der Waals surface area (Å²) in [5, 5.41) is 0. The summed E-state index contributed by atoms with van der Waals surface area (Å²) in [4.78, 5) is 2.64. The van der Waals surface area contributed by atoms with E-state index in [1.54, 1.807) is 3.59 Å². The van der Waals surface area contributed by atoms with E-state index in [9.17, 15) is 0 Å². The Hall–Kier alpha value is 0.238. The van der Waals surface area contributed by atoms with Crippen LogP contribution in [0.5, 0.6) is 0 Å². The van der Waals surface area contributed by atoms with E-state index in [1.807, 2.05) is 7.11 Å². The molecule has 0 atom stereocenters.